The van der Waals surface area contributed by atoms with Gasteiger partial charge in [0.15, 0.2) is 0 Å². The van der Waals surface area contributed by atoms with Gasteiger partial charge in [0.1, 0.15) is 5.01 Å². The maximum Gasteiger partial charge on any atom is 0.230 e. The Balaban J connectivity index is 1.74. The number of benzene rings is 1. The minimum Gasteiger partial charge on any atom is -0.346 e. The van der Waals surface area contributed by atoms with E-state index in [-0.39, 0.29) is 11.9 Å². The molecule has 0 aliphatic carbocycles. The van der Waals surface area contributed by atoms with Gasteiger partial charge in [0.2, 0.25) is 5.91 Å². The highest BCUT2D eigenvalue weighted by Crippen LogP contribution is 2.21. The molecule has 0 spiro atoms. The number of hydrogen-bond donors (Lipinski definition) is 1. The molecular formula is C14H15ClN2OS2. The number of aromatic nitrogens is 1. The highest BCUT2D eigenvalue weighted by Gasteiger charge is 2.11. The van der Waals surface area contributed by atoms with E-state index in [1.165, 1.54) is 0 Å². The summed E-state index contributed by atoms with van der Waals surface area (Å²) in [5.41, 5.74) is 1.06. The van der Waals surface area contributed by atoms with Crippen LogP contribution in [0.5, 0.6) is 0 Å². The topological polar surface area (TPSA) is 42.0 Å². The Kier molecular flexibility index (Phi) is 5.88. The fraction of sp³-hybridized carbons (Fsp3) is 0.286. The lowest BCUT2D eigenvalue weighted by molar-refractivity contribution is -0.119. The summed E-state index contributed by atoms with van der Waals surface area (Å²) in [5, 5.41) is 6.52. The Labute approximate surface area is 131 Å². The highest BCUT2D eigenvalue weighted by atomic mass is 35.5. The van der Waals surface area contributed by atoms with Crippen molar-refractivity contribution in [2.45, 2.75) is 18.7 Å². The number of carbonyl (C=O) groups excluding carboxylic acids is 1. The van der Waals surface area contributed by atoms with Crippen molar-refractivity contribution >= 4 is 40.6 Å². The molecule has 1 N–H and O–H groups in total. The molecule has 0 aliphatic heterocycles. The van der Waals surface area contributed by atoms with Crippen LogP contribution in [0.3, 0.4) is 0 Å². The molecule has 0 unspecified atom stereocenters. The Morgan fingerprint density at radius 3 is 3.00 bits per heavy atom. The van der Waals surface area contributed by atoms with Crippen molar-refractivity contribution in [3.05, 3.63) is 51.4 Å². The van der Waals surface area contributed by atoms with Crippen molar-refractivity contribution in [1.29, 1.82) is 0 Å². The summed E-state index contributed by atoms with van der Waals surface area (Å²) in [4.78, 5) is 16.0. The number of carbonyl (C=O) groups is 1. The average Bonchev–Trinajstić information content (AvgIpc) is 2.95. The molecule has 3 nitrogen and oxygen atoms in total. The quantitative estimate of drug-likeness (QED) is 0.875. The Hall–Kier alpha value is -1.04. The van der Waals surface area contributed by atoms with Gasteiger partial charge in [0, 0.05) is 22.4 Å². The van der Waals surface area contributed by atoms with E-state index in [0.717, 1.165) is 21.3 Å². The smallest absolute Gasteiger partial charge is 0.230 e. The molecule has 0 aliphatic rings. The van der Waals surface area contributed by atoms with Gasteiger partial charge in [-0.3, -0.25) is 4.79 Å². The van der Waals surface area contributed by atoms with Crippen LogP contribution in [-0.4, -0.2) is 16.6 Å². The van der Waals surface area contributed by atoms with E-state index in [0.29, 0.717) is 5.75 Å². The van der Waals surface area contributed by atoms with Crippen LogP contribution in [0.1, 0.15) is 23.5 Å². The van der Waals surface area contributed by atoms with Gasteiger partial charge < -0.3 is 5.32 Å². The largest absolute Gasteiger partial charge is 0.346 e. The van der Waals surface area contributed by atoms with Crippen molar-refractivity contribution in [3.63, 3.8) is 0 Å². The SMILES string of the molecule is C[C@@H](NC(=O)CSCc1ccccc1Cl)c1nccs1. The number of thioether (sulfide) groups is 1. The van der Waals surface area contributed by atoms with Crippen molar-refractivity contribution in [3.8, 4) is 0 Å². The van der Waals surface area contributed by atoms with Gasteiger partial charge in [-0.05, 0) is 18.6 Å². The van der Waals surface area contributed by atoms with E-state index in [9.17, 15) is 4.79 Å². The van der Waals surface area contributed by atoms with E-state index in [1.54, 1.807) is 29.3 Å². The number of amides is 1. The molecule has 1 heterocycles. The molecule has 1 atom stereocenters. The Bertz CT molecular complexity index is 560. The zero-order valence-electron chi connectivity index (χ0n) is 11.0. The molecule has 1 aromatic carbocycles. The van der Waals surface area contributed by atoms with E-state index in [1.807, 2.05) is 36.6 Å². The maximum absolute atomic E-state index is 11.8. The summed E-state index contributed by atoms with van der Waals surface area (Å²) in [6, 6.07) is 7.65. The van der Waals surface area contributed by atoms with E-state index < -0.39 is 0 Å². The third-order valence-corrected chi connectivity index (χ3v) is 4.96. The standard InChI is InChI=1S/C14H15ClN2OS2/c1-10(14-16-6-7-20-14)17-13(18)9-19-8-11-4-2-3-5-12(11)15/h2-7,10H,8-9H2,1H3,(H,17,18)/t10-/m1/s1. The zero-order valence-corrected chi connectivity index (χ0v) is 13.4. The van der Waals surface area contributed by atoms with Crippen molar-refractivity contribution in [2.75, 3.05) is 5.75 Å². The molecule has 0 radical (unpaired) electrons. The lowest BCUT2D eigenvalue weighted by Crippen LogP contribution is -2.28. The van der Waals surface area contributed by atoms with Crippen LogP contribution >= 0.6 is 34.7 Å². The van der Waals surface area contributed by atoms with Crippen LogP contribution in [0.25, 0.3) is 0 Å². The normalized spacial score (nSPS) is 12.1. The van der Waals surface area contributed by atoms with Gasteiger partial charge in [-0.25, -0.2) is 4.98 Å². The van der Waals surface area contributed by atoms with Crippen LogP contribution in [0.15, 0.2) is 35.8 Å². The third-order valence-electron chi connectivity index (χ3n) is 2.65. The Morgan fingerprint density at radius 1 is 1.50 bits per heavy atom. The molecule has 0 saturated carbocycles. The highest BCUT2D eigenvalue weighted by molar-refractivity contribution is 7.99. The fourth-order valence-corrected chi connectivity index (χ4v) is 3.43. The second-order valence-corrected chi connectivity index (χ2v) is 6.56. The number of hydrogen-bond acceptors (Lipinski definition) is 4. The van der Waals surface area contributed by atoms with Crippen LogP contribution < -0.4 is 5.32 Å². The van der Waals surface area contributed by atoms with Crippen LogP contribution in [0.2, 0.25) is 5.02 Å². The second kappa shape index (κ2) is 7.67. The fourth-order valence-electron chi connectivity index (χ4n) is 1.66. The first-order chi connectivity index (χ1) is 9.66. The molecule has 0 fully saturated rings. The summed E-state index contributed by atoms with van der Waals surface area (Å²) in [7, 11) is 0. The van der Waals surface area contributed by atoms with Crippen LogP contribution in [-0.2, 0) is 10.5 Å². The molecule has 20 heavy (non-hydrogen) atoms. The molecule has 1 amide bonds. The first-order valence-corrected chi connectivity index (χ1v) is 8.58. The summed E-state index contributed by atoms with van der Waals surface area (Å²) < 4.78 is 0. The van der Waals surface area contributed by atoms with Crippen LogP contribution in [0, 0.1) is 0 Å². The lowest BCUT2D eigenvalue weighted by Gasteiger charge is -2.11. The van der Waals surface area contributed by atoms with E-state index in [4.69, 9.17) is 11.6 Å². The molecule has 0 bridgehead atoms. The number of halogens is 1. The number of rotatable bonds is 6. The molecular weight excluding hydrogens is 312 g/mol. The van der Waals surface area contributed by atoms with Gasteiger partial charge >= 0.3 is 0 Å². The Morgan fingerprint density at radius 2 is 2.30 bits per heavy atom. The van der Waals surface area contributed by atoms with Gasteiger partial charge in [0.25, 0.3) is 0 Å². The van der Waals surface area contributed by atoms with Crippen molar-refractivity contribution < 1.29 is 4.79 Å². The zero-order chi connectivity index (χ0) is 14.4. The minimum atomic E-state index is -0.0385. The third kappa shape index (κ3) is 4.51. The summed E-state index contributed by atoms with van der Waals surface area (Å²) >= 11 is 9.17. The first kappa shape index (κ1) is 15.4. The number of thiazole rings is 1. The van der Waals surface area contributed by atoms with Gasteiger partial charge in [0.05, 0.1) is 11.8 Å². The second-order valence-electron chi connectivity index (χ2n) is 4.24. The average molecular weight is 327 g/mol. The molecule has 1 aromatic heterocycles. The van der Waals surface area contributed by atoms with Crippen molar-refractivity contribution in [1.82, 2.24) is 10.3 Å². The van der Waals surface area contributed by atoms with E-state index >= 15 is 0 Å². The summed E-state index contributed by atoms with van der Waals surface area (Å²) in [6.45, 7) is 1.94. The van der Waals surface area contributed by atoms with Crippen molar-refractivity contribution in [2.24, 2.45) is 0 Å². The summed E-state index contributed by atoms with van der Waals surface area (Å²) in [6.07, 6.45) is 1.74. The lowest BCUT2D eigenvalue weighted by atomic mass is 10.2. The molecule has 2 aromatic rings. The monoisotopic (exact) mass is 326 g/mol. The van der Waals surface area contributed by atoms with E-state index in [2.05, 4.69) is 10.3 Å². The van der Waals surface area contributed by atoms with Gasteiger partial charge in [-0.2, -0.15) is 0 Å². The predicted octanol–water partition coefficient (Wildman–Crippen LogP) is 3.91. The maximum atomic E-state index is 11.8. The summed E-state index contributed by atoms with van der Waals surface area (Å²) in [5.74, 6) is 1.17. The number of nitrogens with zero attached hydrogens (tertiary/aromatic N) is 1. The number of nitrogens with one attached hydrogen (secondary N) is 1. The molecule has 0 saturated heterocycles. The molecule has 2 rings (SSSR count). The molecule has 106 valence electrons. The minimum absolute atomic E-state index is 0.0183. The first-order valence-electron chi connectivity index (χ1n) is 6.16. The predicted molar refractivity (Wildman–Crippen MR) is 86.3 cm³/mol. The van der Waals surface area contributed by atoms with Crippen LogP contribution in [0.4, 0.5) is 0 Å². The van der Waals surface area contributed by atoms with Gasteiger partial charge in [-0.15, -0.1) is 23.1 Å². The van der Waals surface area contributed by atoms with Gasteiger partial charge in [-0.1, -0.05) is 29.8 Å². The molecule has 6 heteroatoms.